The van der Waals surface area contributed by atoms with Crippen LogP contribution in [0.3, 0.4) is 0 Å². The summed E-state index contributed by atoms with van der Waals surface area (Å²) in [6.07, 6.45) is 3.03. The Bertz CT molecular complexity index is 821. The van der Waals surface area contributed by atoms with E-state index in [1.54, 1.807) is 14.2 Å². The van der Waals surface area contributed by atoms with Gasteiger partial charge >= 0.3 is 5.97 Å². The summed E-state index contributed by atoms with van der Waals surface area (Å²) in [5.74, 6) is 1.76. The van der Waals surface area contributed by atoms with E-state index in [0.717, 1.165) is 35.0 Å². The highest BCUT2D eigenvalue weighted by Gasteiger charge is 2.74. The molecule has 146 valence electrons. The first kappa shape index (κ1) is 18.8. The lowest BCUT2D eigenvalue weighted by Gasteiger charge is -2.53. The van der Waals surface area contributed by atoms with Crippen molar-refractivity contribution in [3.05, 3.63) is 22.2 Å². The van der Waals surface area contributed by atoms with Gasteiger partial charge in [0.25, 0.3) is 0 Å². The van der Waals surface area contributed by atoms with Gasteiger partial charge in [0.15, 0.2) is 0 Å². The molecule has 5 unspecified atom stereocenters. The number of hydrogen-bond acceptors (Lipinski definition) is 5. The van der Waals surface area contributed by atoms with Gasteiger partial charge in [-0.05, 0) is 66.1 Å². The normalized spacial score (nSPS) is 36.6. The van der Waals surface area contributed by atoms with Crippen LogP contribution < -0.4 is 9.47 Å². The second kappa shape index (κ2) is 6.23. The zero-order valence-electron chi connectivity index (χ0n) is 16.1. The number of carbonyl (C=O) groups is 2. The smallest absolute Gasteiger partial charge is 0.303 e. The molecule has 0 aromatic heterocycles. The Balaban J connectivity index is 1.81. The van der Waals surface area contributed by atoms with E-state index in [4.69, 9.17) is 14.2 Å². The monoisotopic (exact) mass is 436 g/mol. The lowest BCUT2D eigenvalue weighted by Crippen LogP contribution is -2.59. The molecule has 4 rings (SSSR count). The Morgan fingerprint density at radius 2 is 1.93 bits per heavy atom. The summed E-state index contributed by atoms with van der Waals surface area (Å²) in [5.41, 5.74) is -0.176. The van der Waals surface area contributed by atoms with Crippen molar-refractivity contribution < 1.29 is 23.8 Å². The summed E-state index contributed by atoms with van der Waals surface area (Å²) in [5, 5.41) is 0. The molecule has 2 bridgehead atoms. The molecule has 27 heavy (non-hydrogen) atoms. The van der Waals surface area contributed by atoms with Crippen LogP contribution in [0.4, 0.5) is 0 Å². The molecule has 3 saturated carbocycles. The number of ketones is 1. The maximum atomic E-state index is 12.9. The van der Waals surface area contributed by atoms with Crippen LogP contribution in [0.25, 0.3) is 0 Å². The van der Waals surface area contributed by atoms with Gasteiger partial charge in [-0.15, -0.1) is 0 Å². The zero-order valence-corrected chi connectivity index (χ0v) is 17.7. The van der Waals surface area contributed by atoms with Gasteiger partial charge in [-0.25, -0.2) is 0 Å². The molecule has 3 aliphatic carbocycles. The van der Waals surface area contributed by atoms with E-state index in [9.17, 15) is 9.59 Å². The number of halogens is 1. The summed E-state index contributed by atoms with van der Waals surface area (Å²) in [7, 11) is 3.29. The van der Waals surface area contributed by atoms with E-state index in [2.05, 4.69) is 22.0 Å². The zero-order chi connectivity index (χ0) is 19.6. The molecule has 6 heteroatoms. The molecule has 0 N–H and O–H groups in total. The predicted octanol–water partition coefficient (Wildman–Crippen LogP) is 4.26. The number of rotatable bonds is 4. The highest BCUT2D eigenvalue weighted by atomic mass is 79.9. The number of fused-ring (bicyclic) bond motifs is 1. The molecule has 5 nitrogen and oxygen atoms in total. The SMILES string of the molecule is COc1cc(OC)c(C2CCC3(C)C(=O)C4CC2C3(OC(C)=O)C4)cc1Br. The molecule has 3 fully saturated rings. The fourth-order valence-corrected chi connectivity index (χ4v) is 6.62. The summed E-state index contributed by atoms with van der Waals surface area (Å²) in [6, 6.07) is 3.95. The summed E-state index contributed by atoms with van der Waals surface area (Å²) < 4.78 is 17.9. The maximum absolute atomic E-state index is 12.9. The molecule has 3 aliphatic rings. The Hall–Kier alpha value is -1.56. The second-order valence-corrected chi connectivity index (χ2v) is 9.15. The van der Waals surface area contributed by atoms with E-state index >= 15 is 0 Å². The maximum Gasteiger partial charge on any atom is 0.303 e. The van der Waals surface area contributed by atoms with Crippen molar-refractivity contribution in [2.75, 3.05) is 14.2 Å². The molecular formula is C21H25BrO5. The number of hydrogen-bond donors (Lipinski definition) is 0. The Morgan fingerprint density at radius 3 is 2.56 bits per heavy atom. The number of ether oxygens (including phenoxy) is 3. The van der Waals surface area contributed by atoms with Gasteiger partial charge in [-0.3, -0.25) is 9.59 Å². The van der Waals surface area contributed by atoms with Gasteiger partial charge < -0.3 is 14.2 Å². The third kappa shape index (κ3) is 2.41. The summed E-state index contributed by atoms with van der Waals surface area (Å²) in [4.78, 5) is 24.9. The molecule has 0 radical (unpaired) electrons. The Morgan fingerprint density at radius 1 is 1.22 bits per heavy atom. The van der Waals surface area contributed by atoms with Crippen LogP contribution in [-0.4, -0.2) is 31.6 Å². The van der Waals surface area contributed by atoms with Crippen molar-refractivity contribution in [2.24, 2.45) is 17.3 Å². The summed E-state index contributed by atoms with van der Waals surface area (Å²) >= 11 is 3.58. The van der Waals surface area contributed by atoms with E-state index in [1.807, 2.05) is 13.0 Å². The van der Waals surface area contributed by atoms with E-state index in [0.29, 0.717) is 12.2 Å². The van der Waals surface area contributed by atoms with Crippen molar-refractivity contribution >= 4 is 27.7 Å². The highest BCUT2D eigenvalue weighted by Crippen LogP contribution is 2.69. The van der Waals surface area contributed by atoms with Gasteiger partial charge in [0.05, 0.1) is 24.1 Å². The first-order chi connectivity index (χ1) is 12.8. The van der Waals surface area contributed by atoms with Crippen LogP contribution in [0.1, 0.15) is 51.0 Å². The van der Waals surface area contributed by atoms with Crippen LogP contribution >= 0.6 is 15.9 Å². The molecule has 5 atom stereocenters. The number of benzene rings is 1. The standard InChI is InChI=1S/C21H25BrO5/c1-11(23)27-21-10-12-7-15(21)13(5-6-20(21,2)19(12)24)14-8-16(22)18(26-4)9-17(14)25-3/h8-9,12-13,15H,5-7,10H2,1-4H3. The van der Waals surface area contributed by atoms with Crippen molar-refractivity contribution in [1.29, 1.82) is 0 Å². The molecule has 0 aliphatic heterocycles. The van der Waals surface area contributed by atoms with E-state index in [-0.39, 0.29) is 29.5 Å². The number of carbonyl (C=O) groups excluding carboxylic acids is 2. The number of methoxy groups -OCH3 is 2. The van der Waals surface area contributed by atoms with Crippen molar-refractivity contribution in [3.63, 3.8) is 0 Å². The van der Waals surface area contributed by atoms with Gasteiger partial charge in [0, 0.05) is 24.8 Å². The molecule has 0 saturated heterocycles. The van der Waals surface area contributed by atoms with Crippen LogP contribution in [0.2, 0.25) is 0 Å². The third-order valence-electron chi connectivity index (χ3n) is 7.21. The minimum absolute atomic E-state index is 0.00478. The fraction of sp³-hybridized carbons (Fsp3) is 0.619. The number of esters is 1. The molecule has 0 amide bonds. The highest BCUT2D eigenvalue weighted by molar-refractivity contribution is 9.10. The fourth-order valence-electron chi connectivity index (χ4n) is 6.09. The molecule has 0 spiro atoms. The van der Waals surface area contributed by atoms with E-state index < -0.39 is 11.0 Å². The Labute approximate surface area is 167 Å². The minimum atomic E-state index is -0.694. The molecule has 0 heterocycles. The number of Topliss-reactive ketones (excluding diaryl/α,β-unsaturated/α-hetero) is 1. The van der Waals surface area contributed by atoms with Crippen LogP contribution in [0, 0.1) is 17.3 Å². The lowest BCUT2D eigenvalue weighted by molar-refractivity contribution is -0.191. The van der Waals surface area contributed by atoms with Crippen molar-refractivity contribution in [2.45, 2.75) is 51.0 Å². The van der Waals surface area contributed by atoms with Crippen LogP contribution in [-0.2, 0) is 14.3 Å². The van der Waals surface area contributed by atoms with E-state index in [1.165, 1.54) is 6.92 Å². The average molecular weight is 437 g/mol. The second-order valence-electron chi connectivity index (χ2n) is 8.30. The molecular weight excluding hydrogens is 412 g/mol. The van der Waals surface area contributed by atoms with Crippen LogP contribution in [0.15, 0.2) is 16.6 Å². The topological polar surface area (TPSA) is 61.8 Å². The average Bonchev–Trinajstić information content (AvgIpc) is 3.09. The van der Waals surface area contributed by atoms with Crippen LogP contribution in [0.5, 0.6) is 11.5 Å². The minimum Gasteiger partial charge on any atom is -0.496 e. The van der Waals surface area contributed by atoms with Gasteiger partial charge in [-0.2, -0.15) is 0 Å². The third-order valence-corrected chi connectivity index (χ3v) is 7.83. The predicted molar refractivity (Wildman–Crippen MR) is 103 cm³/mol. The molecule has 1 aromatic rings. The van der Waals surface area contributed by atoms with Crippen molar-refractivity contribution in [1.82, 2.24) is 0 Å². The van der Waals surface area contributed by atoms with Crippen molar-refractivity contribution in [3.8, 4) is 11.5 Å². The Kier molecular flexibility index (Phi) is 4.33. The quantitative estimate of drug-likeness (QED) is 0.659. The molecule has 1 aromatic carbocycles. The first-order valence-corrected chi connectivity index (χ1v) is 10.2. The lowest BCUT2D eigenvalue weighted by atomic mass is 9.54. The first-order valence-electron chi connectivity index (χ1n) is 9.42. The van der Waals surface area contributed by atoms with Gasteiger partial charge in [0.1, 0.15) is 22.9 Å². The van der Waals surface area contributed by atoms with Gasteiger partial charge in [0.2, 0.25) is 0 Å². The summed E-state index contributed by atoms with van der Waals surface area (Å²) in [6.45, 7) is 3.45. The van der Waals surface area contributed by atoms with Gasteiger partial charge in [-0.1, -0.05) is 0 Å². The largest absolute Gasteiger partial charge is 0.496 e.